The maximum Gasteiger partial charge on any atom is 0.190 e. The fourth-order valence-corrected chi connectivity index (χ4v) is 3.80. The van der Waals surface area contributed by atoms with E-state index in [1.54, 1.807) is 7.11 Å². The molecule has 1 aliphatic heterocycles. The summed E-state index contributed by atoms with van der Waals surface area (Å²) in [6.45, 7) is 7.41. The summed E-state index contributed by atoms with van der Waals surface area (Å²) >= 11 is 1.86. The standard InChI is InChI=1S/C19H34N4O2S.HI/c1-20-19(21-8-4-11-25-13-12-24-2)22-15-17-6-9-23(10-7-17)16-18-5-3-14-26-18;/h3,5,14,17H,4,6-13,15-16H2,1-2H3,(H2,20,21,22);1H. The van der Waals surface area contributed by atoms with E-state index in [4.69, 9.17) is 9.47 Å². The highest BCUT2D eigenvalue weighted by Gasteiger charge is 2.19. The predicted molar refractivity (Wildman–Crippen MR) is 124 cm³/mol. The van der Waals surface area contributed by atoms with Crippen LogP contribution < -0.4 is 10.6 Å². The quantitative estimate of drug-likeness (QED) is 0.208. The zero-order valence-electron chi connectivity index (χ0n) is 16.6. The normalized spacial score (nSPS) is 16.1. The molecule has 1 aromatic rings. The molecule has 0 radical (unpaired) electrons. The summed E-state index contributed by atoms with van der Waals surface area (Å²) < 4.78 is 10.4. The Kier molecular flexibility index (Phi) is 14.1. The molecule has 0 unspecified atom stereocenters. The van der Waals surface area contributed by atoms with E-state index in [-0.39, 0.29) is 24.0 Å². The van der Waals surface area contributed by atoms with Gasteiger partial charge in [0.25, 0.3) is 0 Å². The van der Waals surface area contributed by atoms with Gasteiger partial charge in [-0.1, -0.05) is 6.07 Å². The van der Waals surface area contributed by atoms with E-state index in [9.17, 15) is 0 Å². The fraction of sp³-hybridized carbons (Fsp3) is 0.737. The van der Waals surface area contributed by atoms with Crippen LogP contribution in [0.2, 0.25) is 0 Å². The number of halogens is 1. The average Bonchev–Trinajstić information content (AvgIpc) is 3.17. The number of aliphatic imine (C=N–C) groups is 1. The van der Waals surface area contributed by atoms with Crippen molar-refractivity contribution >= 4 is 41.3 Å². The molecule has 6 nitrogen and oxygen atoms in total. The van der Waals surface area contributed by atoms with Gasteiger partial charge in [0.05, 0.1) is 13.2 Å². The Morgan fingerprint density at radius 2 is 2.07 bits per heavy atom. The lowest BCUT2D eigenvalue weighted by Gasteiger charge is -2.32. The summed E-state index contributed by atoms with van der Waals surface area (Å²) in [7, 11) is 3.52. The van der Waals surface area contributed by atoms with Crippen LogP contribution in [0.3, 0.4) is 0 Å². The second-order valence-electron chi connectivity index (χ2n) is 6.64. The number of ether oxygens (including phenoxy) is 2. The van der Waals surface area contributed by atoms with Crippen molar-refractivity contribution in [2.45, 2.75) is 25.8 Å². The van der Waals surface area contributed by atoms with E-state index in [1.165, 1.54) is 30.8 Å². The molecule has 2 heterocycles. The first-order chi connectivity index (χ1) is 12.8. The number of thiophene rings is 1. The van der Waals surface area contributed by atoms with Crippen LogP contribution in [0.1, 0.15) is 24.1 Å². The topological polar surface area (TPSA) is 58.1 Å². The number of nitrogens with one attached hydrogen (secondary N) is 2. The Morgan fingerprint density at radius 1 is 1.26 bits per heavy atom. The van der Waals surface area contributed by atoms with Gasteiger partial charge in [-0.05, 0) is 49.7 Å². The van der Waals surface area contributed by atoms with Crippen molar-refractivity contribution in [3.63, 3.8) is 0 Å². The molecule has 2 rings (SSSR count). The molecule has 8 heteroatoms. The van der Waals surface area contributed by atoms with Crippen molar-refractivity contribution in [2.75, 3.05) is 60.2 Å². The number of rotatable bonds is 11. The van der Waals surface area contributed by atoms with E-state index in [1.807, 2.05) is 18.4 Å². The van der Waals surface area contributed by atoms with Crippen LogP contribution in [0.5, 0.6) is 0 Å². The molecule has 0 aromatic carbocycles. The molecule has 2 N–H and O–H groups in total. The molecule has 1 aliphatic rings. The number of guanidine groups is 1. The van der Waals surface area contributed by atoms with Crippen molar-refractivity contribution in [1.29, 1.82) is 0 Å². The summed E-state index contributed by atoms with van der Waals surface area (Å²) in [6.07, 6.45) is 3.47. The fourth-order valence-electron chi connectivity index (χ4n) is 3.06. The summed E-state index contributed by atoms with van der Waals surface area (Å²) in [5, 5.41) is 8.99. The smallest absolute Gasteiger partial charge is 0.190 e. The van der Waals surface area contributed by atoms with E-state index in [2.05, 4.69) is 38.0 Å². The van der Waals surface area contributed by atoms with Gasteiger partial charge in [-0.2, -0.15) is 0 Å². The minimum Gasteiger partial charge on any atom is -0.382 e. The van der Waals surface area contributed by atoms with Crippen LogP contribution in [0.4, 0.5) is 0 Å². The first-order valence-electron chi connectivity index (χ1n) is 9.57. The molecule has 0 spiro atoms. The second-order valence-corrected chi connectivity index (χ2v) is 7.67. The Balaban J connectivity index is 0.00000364. The van der Waals surface area contributed by atoms with E-state index in [0.717, 1.165) is 44.5 Å². The van der Waals surface area contributed by atoms with Crippen molar-refractivity contribution in [2.24, 2.45) is 10.9 Å². The van der Waals surface area contributed by atoms with E-state index >= 15 is 0 Å². The first-order valence-corrected chi connectivity index (χ1v) is 10.5. The molecule has 0 amide bonds. The van der Waals surface area contributed by atoms with Crippen LogP contribution >= 0.6 is 35.3 Å². The van der Waals surface area contributed by atoms with Gasteiger partial charge in [0.2, 0.25) is 0 Å². The highest BCUT2D eigenvalue weighted by molar-refractivity contribution is 14.0. The number of hydrogen-bond acceptors (Lipinski definition) is 5. The van der Waals surface area contributed by atoms with E-state index < -0.39 is 0 Å². The zero-order valence-corrected chi connectivity index (χ0v) is 19.8. The van der Waals surface area contributed by atoms with Crippen LogP contribution in [0, 0.1) is 5.92 Å². The minimum atomic E-state index is 0. The van der Waals surface area contributed by atoms with Gasteiger partial charge in [0, 0.05) is 45.3 Å². The third-order valence-corrected chi connectivity index (χ3v) is 5.50. The van der Waals surface area contributed by atoms with Crippen molar-refractivity contribution in [3.05, 3.63) is 22.4 Å². The Labute approximate surface area is 185 Å². The zero-order chi connectivity index (χ0) is 18.5. The molecule has 27 heavy (non-hydrogen) atoms. The second kappa shape index (κ2) is 15.5. The van der Waals surface area contributed by atoms with Crippen molar-refractivity contribution < 1.29 is 9.47 Å². The minimum absolute atomic E-state index is 0. The van der Waals surface area contributed by atoms with Crippen molar-refractivity contribution in [1.82, 2.24) is 15.5 Å². The monoisotopic (exact) mass is 510 g/mol. The summed E-state index contributed by atoms with van der Waals surface area (Å²) in [5.41, 5.74) is 0. The molecule has 0 bridgehead atoms. The molecule has 0 atom stereocenters. The van der Waals surface area contributed by atoms with Gasteiger partial charge in [0.1, 0.15) is 0 Å². The van der Waals surface area contributed by atoms with Gasteiger partial charge in [0.15, 0.2) is 5.96 Å². The third kappa shape index (κ3) is 10.6. The maximum atomic E-state index is 5.46. The van der Waals surface area contributed by atoms with Crippen LogP contribution in [-0.2, 0) is 16.0 Å². The number of hydrogen-bond donors (Lipinski definition) is 2. The number of methoxy groups -OCH3 is 1. The number of nitrogens with zero attached hydrogens (tertiary/aromatic N) is 2. The van der Waals surface area contributed by atoms with Gasteiger partial charge in [-0.15, -0.1) is 35.3 Å². The molecule has 1 fully saturated rings. The predicted octanol–water partition coefficient (Wildman–Crippen LogP) is 2.80. The van der Waals surface area contributed by atoms with Gasteiger partial charge in [-0.25, -0.2) is 0 Å². The molecular formula is C19H35IN4O2S. The molecule has 0 saturated carbocycles. The van der Waals surface area contributed by atoms with Crippen LogP contribution in [0.25, 0.3) is 0 Å². The highest BCUT2D eigenvalue weighted by Crippen LogP contribution is 2.20. The Morgan fingerprint density at radius 3 is 2.74 bits per heavy atom. The lowest BCUT2D eigenvalue weighted by atomic mass is 9.97. The Hall–Kier alpha value is -0.420. The average molecular weight is 510 g/mol. The Bertz CT molecular complexity index is 494. The summed E-state index contributed by atoms with van der Waals surface area (Å²) in [6, 6.07) is 4.37. The van der Waals surface area contributed by atoms with Crippen molar-refractivity contribution in [3.8, 4) is 0 Å². The maximum absolute atomic E-state index is 5.46. The SMILES string of the molecule is CN=C(NCCCOCCOC)NCC1CCN(Cc2cccs2)CC1.I. The van der Waals surface area contributed by atoms with Gasteiger partial charge in [-0.3, -0.25) is 9.89 Å². The number of piperidine rings is 1. The van der Waals surface area contributed by atoms with E-state index in [0.29, 0.717) is 13.2 Å². The first kappa shape index (κ1) is 24.6. The third-order valence-electron chi connectivity index (χ3n) is 4.64. The van der Waals surface area contributed by atoms with Gasteiger partial charge >= 0.3 is 0 Å². The molecule has 0 aliphatic carbocycles. The highest BCUT2D eigenvalue weighted by atomic mass is 127. The summed E-state index contributed by atoms with van der Waals surface area (Å²) in [4.78, 5) is 8.35. The van der Waals surface area contributed by atoms with Crippen LogP contribution in [0.15, 0.2) is 22.5 Å². The van der Waals surface area contributed by atoms with Gasteiger partial charge < -0.3 is 20.1 Å². The van der Waals surface area contributed by atoms with Crippen LogP contribution in [-0.4, -0.2) is 71.0 Å². The molecule has 156 valence electrons. The molecule has 1 aromatic heterocycles. The largest absolute Gasteiger partial charge is 0.382 e. The number of likely N-dealkylation sites (tertiary alicyclic amines) is 1. The lowest BCUT2D eigenvalue weighted by molar-refractivity contribution is 0.0698. The summed E-state index contributed by atoms with van der Waals surface area (Å²) in [5.74, 6) is 1.62. The molecule has 1 saturated heterocycles. The lowest BCUT2D eigenvalue weighted by Crippen LogP contribution is -2.43. The molecular weight excluding hydrogens is 475 g/mol.